The van der Waals surface area contributed by atoms with Gasteiger partial charge in [-0.25, -0.2) is 0 Å². The molecule has 3 nitrogen and oxygen atoms in total. The molecule has 0 unspecified atom stereocenters. The van der Waals surface area contributed by atoms with Gasteiger partial charge in [0.05, 0.1) is 13.0 Å². The summed E-state index contributed by atoms with van der Waals surface area (Å²) in [6, 6.07) is 7.13. The molecule has 18 heavy (non-hydrogen) atoms. The number of benzene rings is 1. The van der Waals surface area contributed by atoms with Crippen LogP contribution in [0.3, 0.4) is 0 Å². The van der Waals surface area contributed by atoms with Gasteiger partial charge in [-0.1, -0.05) is 6.92 Å². The molecule has 3 heteroatoms. The van der Waals surface area contributed by atoms with Crippen molar-refractivity contribution in [3.05, 3.63) is 24.3 Å². The highest BCUT2D eigenvalue weighted by Gasteiger charge is 2.25. The molecule has 1 aliphatic rings. The fraction of sp³-hybridized carbons (Fsp3) is 0.533. The van der Waals surface area contributed by atoms with Crippen LogP contribution in [-0.4, -0.2) is 13.1 Å². The van der Waals surface area contributed by atoms with Crippen LogP contribution in [-0.2, 0) is 4.79 Å². The Hall–Kier alpha value is -1.51. The van der Waals surface area contributed by atoms with Gasteiger partial charge in [-0.15, -0.1) is 0 Å². The second-order valence-electron chi connectivity index (χ2n) is 5.05. The number of rotatable bonds is 3. The minimum atomic E-state index is -0.0907. The number of hydrogen-bond acceptors (Lipinski definition) is 3. The van der Waals surface area contributed by atoms with Gasteiger partial charge in [0.1, 0.15) is 11.5 Å². The van der Waals surface area contributed by atoms with E-state index in [4.69, 9.17) is 9.47 Å². The minimum absolute atomic E-state index is 0.0725. The molecule has 0 spiro atoms. The van der Waals surface area contributed by atoms with E-state index in [1.54, 1.807) is 31.4 Å². The maximum absolute atomic E-state index is 12.0. The number of methoxy groups -OCH3 is 1. The molecule has 1 fully saturated rings. The zero-order valence-electron chi connectivity index (χ0n) is 11.0. The Morgan fingerprint density at radius 3 is 2.17 bits per heavy atom. The number of carbonyl (C=O) groups excluding carboxylic acids is 1. The molecule has 0 saturated heterocycles. The summed E-state index contributed by atoms with van der Waals surface area (Å²) in [5.41, 5.74) is 0. The van der Waals surface area contributed by atoms with Gasteiger partial charge in [0.25, 0.3) is 0 Å². The summed E-state index contributed by atoms with van der Waals surface area (Å²) in [6.07, 6.45) is 4.16. The molecule has 98 valence electrons. The van der Waals surface area contributed by atoms with Crippen molar-refractivity contribution in [2.45, 2.75) is 32.6 Å². The first kappa shape index (κ1) is 12.9. The van der Waals surface area contributed by atoms with Crippen molar-refractivity contribution < 1.29 is 14.3 Å². The molecule has 0 radical (unpaired) electrons. The van der Waals surface area contributed by atoms with Crippen LogP contribution in [0.2, 0.25) is 0 Å². The molecule has 0 bridgehead atoms. The first-order valence-corrected chi connectivity index (χ1v) is 6.55. The number of carbonyl (C=O) groups is 1. The van der Waals surface area contributed by atoms with Crippen molar-refractivity contribution in [3.63, 3.8) is 0 Å². The van der Waals surface area contributed by atoms with Crippen molar-refractivity contribution in [2.24, 2.45) is 11.8 Å². The number of esters is 1. The summed E-state index contributed by atoms with van der Waals surface area (Å²) in [7, 11) is 1.62. The lowest BCUT2D eigenvalue weighted by molar-refractivity contribution is -0.140. The lowest BCUT2D eigenvalue weighted by Gasteiger charge is -2.24. The van der Waals surface area contributed by atoms with Crippen molar-refractivity contribution in [3.8, 4) is 11.5 Å². The fourth-order valence-corrected chi connectivity index (χ4v) is 2.34. The normalized spacial score (nSPS) is 23.4. The van der Waals surface area contributed by atoms with E-state index in [0.717, 1.165) is 37.4 Å². The summed E-state index contributed by atoms with van der Waals surface area (Å²) in [6.45, 7) is 2.24. The zero-order valence-corrected chi connectivity index (χ0v) is 11.0. The van der Waals surface area contributed by atoms with Gasteiger partial charge in [0.2, 0.25) is 0 Å². The first-order valence-electron chi connectivity index (χ1n) is 6.55. The van der Waals surface area contributed by atoms with Crippen LogP contribution < -0.4 is 9.47 Å². The van der Waals surface area contributed by atoms with E-state index < -0.39 is 0 Å². The number of ether oxygens (including phenoxy) is 2. The largest absolute Gasteiger partial charge is 0.497 e. The predicted molar refractivity (Wildman–Crippen MR) is 69.8 cm³/mol. The fourth-order valence-electron chi connectivity index (χ4n) is 2.34. The lowest BCUT2D eigenvalue weighted by Crippen LogP contribution is -2.24. The second kappa shape index (κ2) is 5.89. The molecular weight excluding hydrogens is 228 g/mol. The highest BCUT2D eigenvalue weighted by Crippen LogP contribution is 2.29. The third-order valence-electron chi connectivity index (χ3n) is 3.63. The monoisotopic (exact) mass is 248 g/mol. The van der Waals surface area contributed by atoms with Gasteiger partial charge in [-0.3, -0.25) is 4.79 Å². The van der Waals surface area contributed by atoms with Crippen molar-refractivity contribution in [1.29, 1.82) is 0 Å². The molecule has 2 rings (SSSR count). The summed E-state index contributed by atoms with van der Waals surface area (Å²) < 4.78 is 10.5. The Balaban J connectivity index is 1.90. The van der Waals surface area contributed by atoms with Gasteiger partial charge in [0.15, 0.2) is 0 Å². The molecule has 0 aromatic heterocycles. The number of hydrogen-bond donors (Lipinski definition) is 0. The van der Waals surface area contributed by atoms with Crippen LogP contribution >= 0.6 is 0 Å². The Labute approximate surface area is 108 Å². The second-order valence-corrected chi connectivity index (χ2v) is 5.05. The Bertz CT molecular complexity index is 389. The van der Waals surface area contributed by atoms with Crippen LogP contribution in [0.5, 0.6) is 11.5 Å². The molecule has 1 aromatic rings. The zero-order chi connectivity index (χ0) is 13.0. The topological polar surface area (TPSA) is 35.5 Å². The maximum Gasteiger partial charge on any atom is 0.314 e. The van der Waals surface area contributed by atoms with Crippen LogP contribution in [0.4, 0.5) is 0 Å². The quantitative estimate of drug-likeness (QED) is 0.607. The molecule has 1 aliphatic carbocycles. The molecule has 0 heterocycles. The van der Waals surface area contributed by atoms with Gasteiger partial charge in [-0.05, 0) is 55.9 Å². The van der Waals surface area contributed by atoms with Crippen LogP contribution in [0.15, 0.2) is 24.3 Å². The van der Waals surface area contributed by atoms with Crippen LogP contribution in [0.1, 0.15) is 32.6 Å². The minimum Gasteiger partial charge on any atom is -0.497 e. The third kappa shape index (κ3) is 3.25. The molecular formula is C15H20O3. The maximum atomic E-state index is 12.0. The van der Waals surface area contributed by atoms with E-state index in [2.05, 4.69) is 6.92 Å². The van der Waals surface area contributed by atoms with Gasteiger partial charge < -0.3 is 9.47 Å². The summed E-state index contributed by atoms with van der Waals surface area (Å²) >= 11 is 0. The SMILES string of the molecule is COc1ccc(OC(=O)[C@H]2CC[C@H](C)CC2)cc1. The van der Waals surface area contributed by atoms with Crippen LogP contribution in [0, 0.1) is 11.8 Å². The van der Waals surface area contributed by atoms with Gasteiger partial charge in [-0.2, -0.15) is 0 Å². The summed E-state index contributed by atoms with van der Waals surface area (Å²) in [4.78, 5) is 12.0. The highest BCUT2D eigenvalue weighted by atomic mass is 16.5. The predicted octanol–water partition coefficient (Wildman–Crippen LogP) is 3.43. The summed E-state index contributed by atoms with van der Waals surface area (Å²) in [5, 5.41) is 0. The molecule has 0 amide bonds. The van der Waals surface area contributed by atoms with Crippen LogP contribution in [0.25, 0.3) is 0 Å². The lowest BCUT2D eigenvalue weighted by atomic mass is 9.83. The standard InChI is InChI=1S/C15H20O3/c1-11-3-5-12(6-4-11)15(16)18-14-9-7-13(17-2)8-10-14/h7-12H,3-6H2,1-2H3/t11-,12-. The van der Waals surface area contributed by atoms with E-state index in [-0.39, 0.29) is 11.9 Å². The van der Waals surface area contributed by atoms with Gasteiger partial charge in [0, 0.05) is 0 Å². The Kier molecular flexibility index (Phi) is 4.24. The average Bonchev–Trinajstić information content (AvgIpc) is 2.40. The Morgan fingerprint density at radius 2 is 1.61 bits per heavy atom. The highest BCUT2D eigenvalue weighted by molar-refractivity contribution is 5.75. The molecule has 0 aliphatic heterocycles. The summed E-state index contributed by atoms with van der Waals surface area (Å²) in [5.74, 6) is 2.09. The molecule has 1 saturated carbocycles. The third-order valence-corrected chi connectivity index (χ3v) is 3.63. The van der Waals surface area contributed by atoms with E-state index in [1.165, 1.54) is 0 Å². The van der Waals surface area contributed by atoms with E-state index in [1.807, 2.05) is 0 Å². The van der Waals surface area contributed by atoms with Crippen molar-refractivity contribution in [1.82, 2.24) is 0 Å². The average molecular weight is 248 g/mol. The van der Waals surface area contributed by atoms with E-state index in [0.29, 0.717) is 5.75 Å². The van der Waals surface area contributed by atoms with Crippen molar-refractivity contribution >= 4 is 5.97 Å². The smallest absolute Gasteiger partial charge is 0.314 e. The molecule has 0 N–H and O–H groups in total. The van der Waals surface area contributed by atoms with Gasteiger partial charge >= 0.3 is 5.97 Å². The molecule has 0 atom stereocenters. The van der Waals surface area contributed by atoms with E-state index >= 15 is 0 Å². The van der Waals surface area contributed by atoms with E-state index in [9.17, 15) is 4.79 Å². The Morgan fingerprint density at radius 1 is 1.06 bits per heavy atom. The molecule has 1 aromatic carbocycles. The van der Waals surface area contributed by atoms with Crippen molar-refractivity contribution in [2.75, 3.05) is 7.11 Å². The first-order chi connectivity index (χ1) is 8.69.